The second kappa shape index (κ2) is 6.61. The lowest BCUT2D eigenvalue weighted by atomic mass is 9.99. The van der Waals surface area contributed by atoms with Gasteiger partial charge in [0, 0.05) is 20.1 Å². The van der Waals surface area contributed by atoms with Crippen LogP contribution in [0.25, 0.3) is 0 Å². The second-order valence-electron chi connectivity index (χ2n) is 5.84. The third kappa shape index (κ3) is 4.21. The minimum Gasteiger partial charge on any atom is -0.481 e. The first-order chi connectivity index (χ1) is 9.99. The van der Waals surface area contributed by atoms with E-state index in [2.05, 4.69) is 12.2 Å². The molecule has 3 atom stereocenters. The summed E-state index contributed by atoms with van der Waals surface area (Å²) in [6.07, 6.45) is 1.17. The van der Waals surface area contributed by atoms with E-state index in [-0.39, 0.29) is 12.6 Å². The van der Waals surface area contributed by atoms with Crippen LogP contribution in [0, 0.1) is 11.8 Å². The SMILES string of the molecule is CC1CC1CN(C)C(=O)NCC(C(=O)O)c1ccccc1. The van der Waals surface area contributed by atoms with E-state index in [4.69, 9.17) is 0 Å². The fourth-order valence-corrected chi connectivity index (χ4v) is 2.45. The van der Waals surface area contributed by atoms with Gasteiger partial charge in [-0.3, -0.25) is 4.79 Å². The Morgan fingerprint density at radius 3 is 2.52 bits per heavy atom. The van der Waals surface area contributed by atoms with Crippen LogP contribution in [0.4, 0.5) is 4.79 Å². The zero-order chi connectivity index (χ0) is 15.4. The van der Waals surface area contributed by atoms with Crippen molar-refractivity contribution in [2.24, 2.45) is 11.8 Å². The molecule has 2 N–H and O–H groups in total. The average Bonchev–Trinajstić information content (AvgIpc) is 3.14. The van der Waals surface area contributed by atoms with Crippen LogP contribution in [0.1, 0.15) is 24.8 Å². The van der Waals surface area contributed by atoms with Gasteiger partial charge in [0.2, 0.25) is 0 Å². The van der Waals surface area contributed by atoms with Gasteiger partial charge in [-0.1, -0.05) is 37.3 Å². The lowest BCUT2D eigenvalue weighted by Crippen LogP contribution is -2.41. The molecule has 2 amide bonds. The third-order valence-corrected chi connectivity index (χ3v) is 4.09. The van der Waals surface area contributed by atoms with Crippen molar-refractivity contribution in [1.82, 2.24) is 10.2 Å². The first-order valence-corrected chi connectivity index (χ1v) is 7.25. The van der Waals surface area contributed by atoms with E-state index in [0.717, 1.165) is 6.54 Å². The Hall–Kier alpha value is -2.04. The number of carboxylic acids is 1. The molecule has 0 heterocycles. The van der Waals surface area contributed by atoms with Crippen molar-refractivity contribution in [1.29, 1.82) is 0 Å². The molecule has 0 radical (unpaired) electrons. The molecular weight excluding hydrogens is 268 g/mol. The topological polar surface area (TPSA) is 69.6 Å². The molecule has 1 aromatic carbocycles. The average molecular weight is 290 g/mol. The van der Waals surface area contributed by atoms with Crippen LogP contribution in [0.15, 0.2) is 30.3 Å². The van der Waals surface area contributed by atoms with Crippen LogP contribution >= 0.6 is 0 Å². The van der Waals surface area contributed by atoms with Crippen LogP contribution in [-0.4, -0.2) is 42.1 Å². The van der Waals surface area contributed by atoms with Crippen LogP contribution in [0.3, 0.4) is 0 Å². The number of aliphatic carboxylic acids is 1. The predicted molar refractivity (Wildman–Crippen MR) is 80.1 cm³/mol. The molecule has 114 valence electrons. The van der Waals surface area contributed by atoms with E-state index in [1.54, 1.807) is 36.2 Å². The molecular formula is C16H22N2O3. The Balaban J connectivity index is 1.87. The fraction of sp³-hybridized carbons (Fsp3) is 0.500. The number of benzene rings is 1. The first kappa shape index (κ1) is 15.4. The summed E-state index contributed by atoms with van der Waals surface area (Å²) in [5, 5.41) is 12.0. The minimum absolute atomic E-state index is 0.0999. The number of carbonyl (C=O) groups is 2. The van der Waals surface area contributed by atoms with Gasteiger partial charge >= 0.3 is 12.0 Å². The number of nitrogens with one attached hydrogen (secondary N) is 1. The van der Waals surface area contributed by atoms with Crippen molar-refractivity contribution in [3.05, 3.63) is 35.9 Å². The molecule has 1 saturated carbocycles. The Labute approximate surface area is 125 Å². The summed E-state index contributed by atoms with van der Waals surface area (Å²) in [5.41, 5.74) is 0.698. The lowest BCUT2D eigenvalue weighted by molar-refractivity contribution is -0.138. The molecule has 0 aromatic heterocycles. The summed E-state index contributed by atoms with van der Waals surface area (Å²) in [6.45, 7) is 3.01. The maximum atomic E-state index is 12.0. The van der Waals surface area contributed by atoms with Crippen molar-refractivity contribution in [3.8, 4) is 0 Å². The van der Waals surface area contributed by atoms with E-state index in [0.29, 0.717) is 17.4 Å². The number of hydrogen-bond donors (Lipinski definition) is 2. The second-order valence-corrected chi connectivity index (χ2v) is 5.84. The lowest BCUT2D eigenvalue weighted by Gasteiger charge is -2.20. The van der Waals surface area contributed by atoms with Crippen LogP contribution < -0.4 is 5.32 Å². The summed E-state index contributed by atoms with van der Waals surface area (Å²) in [6, 6.07) is 8.75. The molecule has 1 aliphatic carbocycles. The van der Waals surface area contributed by atoms with Gasteiger partial charge < -0.3 is 15.3 Å². The molecule has 1 aliphatic rings. The number of carboxylic acid groups (broad SMARTS) is 1. The first-order valence-electron chi connectivity index (χ1n) is 7.25. The highest BCUT2D eigenvalue weighted by Gasteiger charge is 2.34. The maximum Gasteiger partial charge on any atom is 0.317 e. The van der Waals surface area contributed by atoms with Gasteiger partial charge in [0.25, 0.3) is 0 Å². The predicted octanol–water partition coefficient (Wildman–Crippen LogP) is 2.15. The van der Waals surface area contributed by atoms with Crippen LogP contribution in [-0.2, 0) is 4.79 Å². The van der Waals surface area contributed by atoms with E-state index in [1.807, 2.05) is 6.07 Å². The smallest absolute Gasteiger partial charge is 0.317 e. The molecule has 0 saturated heterocycles. The number of hydrogen-bond acceptors (Lipinski definition) is 2. The van der Waals surface area contributed by atoms with Crippen molar-refractivity contribution in [3.63, 3.8) is 0 Å². The molecule has 2 rings (SSSR count). The Morgan fingerprint density at radius 2 is 2.00 bits per heavy atom. The zero-order valence-corrected chi connectivity index (χ0v) is 12.5. The molecule has 1 aromatic rings. The molecule has 21 heavy (non-hydrogen) atoms. The van der Waals surface area contributed by atoms with Gasteiger partial charge in [0.1, 0.15) is 0 Å². The Kier molecular flexibility index (Phi) is 4.83. The fourth-order valence-electron chi connectivity index (χ4n) is 2.45. The van der Waals surface area contributed by atoms with Crippen molar-refractivity contribution >= 4 is 12.0 Å². The number of rotatable bonds is 6. The maximum absolute atomic E-state index is 12.0. The highest BCUT2D eigenvalue weighted by atomic mass is 16.4. The normalized spacial score (nSPS) is 21.4. The van der Waals surface area contributed by atoms with Crippen molar-refractivity contribution in [2.45, 2.75) is 19.3 Å². The van der Waals surface area contributed by atoms with Gasteiger partial charge in [0.05, 0.1) is 5.92 Å². The highest BCUT2D eigenvalue weighted by molar-refractivity contribution is 5.79. The largest absolute Gasteiger partial charge is 0.481 e. The molecule has 3 unspecified atom stereocenters. The van der Waals surface area contributed by atoms with E-state index >= 15 is 0 Å². The van der Waals surface area contributed by atoms with Crippen LogP contribution in [0.2, 0.25) is 0 Å². The van der Waals surface area contributed by atoms with Gasteiger partial charge in [-0.2, -0.15) is 0 Å². The minimum atomic E-state index is -0.931. The van der Waals surface area contributed by atoms with E-state index in [1.165, 1.54) is 6.42 Å². The zero-order valence-electron chi connectivity index (χ0n) is 12.5. The van der Waals surface area contributed by atoms with Gasteiger partial charge in [0.15, 0.2) is 0 Å². The van der Waals surface area contributed by atoms with E-state index in [9.17, 15) is 14.7 Å². The van der Waals surface area contributed by atoms with Gasteiger partial charge in [-0.25, -0.2) is 4.79 Å². The number of amides is 2. The molecule has 1 fully saturated rings. The van der Waals surface area contributed by atoms with Crippen molar-refractivity contribution in [2.75, 3.05) is 20.1 Å². The summed E-state index contributed by atoms with van der Waals surface area (Å²) < 4.78 is 0. The third-order valence-electron chi connectivity index (χ3n) is 4.09. The highest BCUT2D eigenvalue weighted by Crippen LogP contribution is 2.37. The monoisotopic (exact) mass is 290 g/mol. The molecule has 5 heteroatoms. The molecule has 5 nitrogen and oxygen atoms in total. The quantitative estimate of drug-likeness (QED) is 0.843. The molecule has 0 aliphatic heterocycles. The number of nitrogens with zero attached hydrogens (tertiary/aromatic N) is 1. The number of urea groups is 1. The molecule has 0 bridgehead atoms. The standard InChI is InChI=1S/C16H22N2O3/c1-11-8-13(11)10-18(2)16(21)17-9-14(15(19)20)12-6-4-3-5-7-12/h3-7,11,13-14H,8-10H2,1-2H3,(H,17,21)(H,19,20). The Bertz CT molecular complexity index is 504. The summed E-state index contributed by atoms with van der Waals surface area (Å²) in [4.78, 5) is 25.0. The summed E-state index contributed by atoms with van der Waals surface area (Å²) in [5.74, 6) is -0.371. The summed E-state index contributed by atoms with van der Waals surface area (Å²) in [7, 11) is 1.75. The number of carbonyl (C=O) groups excluding carboxylic acids is 1. The van der Waals surface area contributed by atoms with Gasteiger partial charge in [-0.15, -0.1) is 0 Å². The van der Waals surface area contributed by atoms with Gasteiger partial charge in [-0.05, 0) is 23.8 Å². The summed E-state index contributed by atoms with van der Waals surface area (Å²) >= 11 is 0. The van der Waals surface area contributed by atoms with Crippen molar-refractivity contribution < 1.29 is 14.7 Å². The van der Waals surface area contributed by atoms with E-state index < -0.39 is 11.9 Å². The Morgan fingerprint density at radius 1 is 1.38 bits per heavy atom. The molecule has 0 spiro atoms. The van der Waals surface area contributed by atoms with Crippen LogP contribution in [0.5, 0.6) is 0 Å².